The van der Waals surface area contributed by atoms with Crippen molar-refractivity contribution in [2.45, 2.75) is 25.2 Å². The van der Waals surface area contributed by atoms with E-state index in [-0.39, 0.29) is 4.90 Å². The Morgan fingerprint density at radius 1 is 1.05 bits per heavy atom. The van der Waals surface area contributed by atoms with E-state index >= 15 is 0 Å². The molecule has 0 heterocycles. The summed E-state index contributed by atoms with van der Waals surface area (Å²) in [5, 5.41) is 2.63. The smallest absolute Gasteiger partial charge is 0.307 e. The van der Waals surface area contributed by atoms with Gasteiger partial charge in [0.2, 0.25) is 0 Å². The highest BCUT2D eigenvalue weighted by atomic mass is 32.2. The summed E-state index contributed by atoms with van der Waals surface area (Å²) in [7, 11) is -3.87. The van der Waals surface area contributed by atoms with Crippen molar-refractivity contribution in [1.82, 2.24) is 4.72 Å². The number of carbonyl (C=O) groups excluding carboxylic acids is 1. The largest absolute Gasteiger partial charge is 0.333 e. The number of urea groups is 1. The number of carbonyl (C=O) groups is 1. The fourth-order valence-electron chi connectivity index (χ4n) is 2.12. The van der Waals surface area contributed by atoms with Gasteiger partial charge in [0.05, 0.1) is 4.90 Å². The lowest BCUT2D eigenvalue weighted by molar-refractivity contribution is 0.256. The molecule has 0 spiro atoms. The van der Waals surface area contributed by atoms with Gasteiger partial charge in [0.1, 0.15) is 0 Å². The molecule has 0 radical (unpaired) electrons. The van der Waals surface area contributed by atoms with Crippen molar-refractivity contribution in [2.75, 3.05) is 5.32 Å². The standard InChI is InChI=1S/C16H18N2O3S/c1-3-13-9-7-8-12(2)15(13)17-16(19)18-22(20,21)14-10-5-4-6-11-14/h4-11H,3H2,1-2H3,(H2,17,18,19). The van der Waals surface area contributed by atoms with E-state index < -0.39 is 16.1 Å². The number of benzene rings is 2. The van der Waals surface area contributed by atoms with Crippen molar-refractivity contribution in [3.8, 4) is 0 Å². The van der Waals surface area contributed by atoms with Crippen molar-refractivity contribution >= 4 is 21.7 Å². The Bertz CT molecular complexity index is 771. The molecule has 0 bridgehead atoms. The average Bonchev–Trinajstić information content (AvgIpc) is 2.49. The second-order valence-corrected chi connectivity index (χ2v) is 6.52. The third kappa shape index (κ3) is 3.65. The first kappa shape index (κ1) is 16.0. The van der Waals surface area contributed by atoms with Crippen LogP contribution in [0.2, 0.25) is 0 Å². The molecule has 0 saturated carbocycles. The monoisotopic (exact) mass is 318 g/mol. The van der Waals surface area contributed by atoms with Gasteiger partial charge in [-0.2, -0.15) is 0 Å². The molecule has 0 aliphatic rings. The summed E-state index contributed by atoms with van der Waals surface area (Å²) in [6.45, 7) is 3.83. The Hall–Kier alpha value is -2.34. The van der Waals surface area contributed by atoms with Gasteiger partial charge in [0.15, 0.2) is 0 Å². The van der Waals surface area contributed by atoms with Gasteiger partial charge in [-0.05, 0) is 36.6 Å². The summed E-state index contributed by atoms with van der Waals surface area (Å²) in [5.41, 5.74) is 2.48. The van der Waals surface area contributed by atoms with E-state index in [1.165, 1.54) is 12.1 Å². The zero-order valence-electron chi connectivity index (χ0n) is 12.5. The highest BCUT2D eigenvalue weighted by molar-refractivity contribution is 7.90. The fraction of sp³-hybridized carbons (Fsp3) is 0.188. The topological polar surface area (TPSA) is 75.3 Å². The molecule has 0 aromatic heterocycles. The van der Waals surface area contributed by atoms with Gasteiger partial charge in [0.25, 0.3) is 10.0 Å². The number of nitrogens with one attached hydrogen (secondary N) is 2. The number of aryl methyl sites for hydroxylation is 2. The van der Waals surface area contributed by atoms with Gasteiger partial charge in [-0.15, -0.1) is 0 Å². The molecule has 0 aliphatic heterocycles. The Labute approximate surface area is 130 Å². The minimum atomic E-state index is -3.87. The van der Waals surface area contributed by atoms with Crippen molar-refractivity contribution in [3.05, 3.63) is 59.7 Å². The zero-order chi connectivity index (χ0) is 16.2. The minimum Gasteiger partial charge on any atom is -0.307 e. The van der Waals surface area contributed by atoms with Crippen LogP contribution in [0.15, 0.2) is 53.4 Å². The van der Waals surface area contributed by atoms with E-state index in [9.17, 15) is 13.2 Å². The molecule has 5 nitrogen and oxygen atoms in total. The quantitative estimate of drug-likeness (QED) is 0.909. The molecule has 0 atom stereocenters. The lowest BCUT2D eigenvalue weighted by atomic mass is 10.1. The lowest BCUT2D eigenvalue weighted by Gasteiger charge is -2.13. The number of hydrogen-bond acceptors (Lipinski definition) is 3. The van der Waals surface area contributed by atoms with Crippen LogP contribution in [0.5, 0.6) is 0 Å². The number of sulfonamides is 1. The molecular weight excluding hydrogens is 300 g/mol. The second kappa shape index (κ2) is 6.62. The van der Waals surface area contributed by atoms with Crippen LogP contribution in [0.25, 0.3) is 0 Å². The summed E-state index contributed by atoms with van der Waals surface area (Å²) < 4.78 is 26.2. The first-order valence-electron chi connectivity index (χ1n) is 6.91. The molecular formula is C16H18N2O3S. The number of anilines is 1. The van der Waals surface area contributed by atoms with Gasteiger partial charge >= 0.3 is 6.03 Å². The van der Waals surface area contributed by atoms with Crippen LogP contribution in [0.1, 0.15) is 18.1 Å². The highest BCUT2D eigenvalue weighted by Gasteiger charge is 2.18. The highest BCUT2D eigenvalue weighted by Crippen LogP contribution is 2.21. The SMILES string of the molecule is CCc1cccc(C)c1NC(=O)NS(=O)(=O)c1ccccc1. The number of rotatable bonds is 4. The Balaban J connectivity index is 2.18. The van der Waals surface area contributed by atoms with Gasteiger partial charge in [-0.3, -0.25) is 0 Å². The summed E-state index contributed by atoms with van der Waals surface area (Å²) in [5.74, 6) is 0. The van der Waals surface area contributed by atoms with Crippen LogP contribution < -0.4 is 10.0 Å². The first-order chi connectivity index (χ1) is 10.4. The molecule has 0 unspecified atom stereocenters. The normalized spacial score (nSPS) is 11.0. The minimum absolute atomic E-state index is 0.0469. The average molecular weight is 318 g/mol. The Morgan fingerprint density at radius 3 is 2.36 bits per heavy atom. The van der Waals surface area contributed by atoms with Crippen molar-refractivity contribution in [3.63, 3.8) is 0 Å². The molecule has 2 aromatic carbocycles. The zero-order valence-corrected chi connectivity index (χ0v) is 13.3. The lowest BCUT2D eigenvalue weighted by Crippen LogP contribution is -2.34. The van der Waals surface area contributed by atoms with Crippen LogP contribution >= 0.6 is 0 Å². The van der Waals surface area contributed by atoms with E-state index in [2.05, 4.69) is 5.32 Å². The summed E-state index contributed by atoms with van der Waals surface area (Å²) in [6.07, 6.45) is 0.739. The molecule has 2 N–H and O–H groups in total. The van der Waals surface area contributed by atoms with E-state index in [0.29, 0.717) is 5.69 Å². The third-order valence-electron chi connectivity index (χ3n) is 3.26. The van der Waals surface area contributed by atoms with Gasteiger partial charge in [-0.25, -0.2) is 17.9 Å². The number of hydrogen-bond donors (Lipinski definition) is 2. The number of amides is 2. The van der Waals surface area contributed by atoms with Crippen LogP contribution in [0.3, 0.4) is 0 Å². The molecule has 116 valence electrons. The first-order valence-corrected chi connectivity index (χ1v) is 8.39. The van der Waals surface area contributed by atoms with Gasteiger partial charge in [0, 0.05) is 5.69 Å². The Morgan fingerprint density at radius 2 is 1.73 bits per heavy atom. The van der Waals surface area contributed by atoms with Crippen molar-refractivity contribution in [1.29, 1.82) is 0 Å². The molecule has 2 aromatic rings. The van der Waals surface area contributed by atoms with Crippen molar-refractivity contribution in [2.24, 2.45) is 0 Å². The predicted molar refractivity (Wildman–Crippen MR) is 86.3 cm³/mol. The second-order valence-electron chi connectivity index (χ2n) is 4.84. The molecule has 0 fully saturated rings. The van der Waals surface area contributed by atoms with Crippen LogP contribution in [-0.4, -0.2) is 14.4 Å². The predicted octanol–water partition coefficient (Wildman–Crippen LogP) is 3.07. The molecule has 6 heteroatoms. The summed E-state index contributed by atoms with van der Waals surface area (Å²) in [4.78, 5) is 12.1. The van der Waals surface area contributed by atoms with Gasteiger partial charge < -0.3 is 5.32 Å². The van der Waals surface area contributed by atoms with Crippen LogP contribution in [-0.2, 0) is 16.4 Å². The third-order valence-corrected chi connectivity index (χ3v) is 4.61. The van der Waals surface area contributed by atoms with E-state index in [1.807, 2.05) is 36.8 Å². The van der Waals surface area contributed by atoms with E-state index in [0.717, 1.165) is 17.5 Å². The molecule has 22 heavy (non-hydrogen) atoms. The maximum absolute atomic E-state index is 12.1. The molecule has 2 rings (SSSR count). The number of para-hydroxylation sites is 1. The maximum Gasteiger partial charge on any atom is 0.333 e. The molecule has 2 amide bonds. The van der Waals surface area contributed by atoms with Crippen molar-refractivity contribution < 1.29 is 13.2 Å². The van der Waals surface area contributed by atoms with Gasteiger partial charge in [-0.1, -0.05) is 43.3 Å². The van der Waals surface area contributed by atoms with E-state index in [1.54, 1.807) is 18.2 Å². The van der Waals surface area contributed by atoms with Crippen LogP contribution in [0.4, 0.5) is 10.5 Å². The summed E-state index contributed by atoms with van der Waals surface area (Å²) >= 11 is 0. The van der Waals surface area contributed by atoms with E-state index in [4.69, 9.17) is 0 Å². The fourth-order valence-corrected chi connectivity index (χ4v) is 3.05. The molecule has 0 aliphatic carbocycles. The Kier molecular flexibility index (Phi) is 4.82. The van der Waals surface area contributed by atoms with Crippen LogP contribution in [0, 0.1) is 6.92 Å². The molecule has 0 saturated heterocycles. The summed E-state index contributed by atoms with van der Waals surface area (Å²) in [6, 6.07) is 12.7. The maximum atomic E-state index is 12.1.